The molecule has 1 aliphatic heterocycles. The summed E-state index contributed by atoms with van der Waals surface area (Å²) in [7, 11) is 0. The average Bonchev–Trinajstić information content (AvgIpc) is 2.30. The Morgan fingerprint density at radius 1 is 1.33 bits per heavy atom. The summed E-state index contributed by atoms with van der Waals surface area (Å²) in [4.78, 5) is 0. The van der Waals surface area contributed by atoms with Crippen LogP contribution in [0.1, 0.15) is 11.1 Å². The molecule has 0 radical (unpaired) electrons. The summed E-state index contributed by atoms with van der Waals surface area (Å²) in [6.07, 6.45) is 0. The van der Waals surface area contributed by atoms with Crippen molar-refractivity contribution < 1.29 is 5.11 Å². The highest BCUT2D eigenvalue weighted by atomic mass is 127. The predicted octanol–water partition coefficient (Wildman–Crippen LogP) is 2.71. The number of phenols is 1. The zero-order chi connectivity index (χ0) is 8.72. The van der Waals surface area contributed by atoms with Gasteiger partial charge in [-0.3, -0.25) is 0 Å². The second kappa shape index (κ2) is 3.05. The van der Waals surface area contributed by atoms with Crippen LogP contribution in [0.5, 0.6) is 5.75 Å². The molecule has 0 amide bonds. The van der Waals surface area contributed by atoms with Crippen molar-refractivity contribution in [1.29, 1.82) is 0 Å². The minimum atomic E-state index is 0.183. The molecule has 2 nitrogen and oxygen atoms in total. The van der Waals surface area contributed by atoms with Gasteiger partial charge in [-0.15, -0.1) is 0 Å². The first-order valence-corrected chi connectivity index (χ1v) is 4.92. The maximum absolute atomic E-state index is 9.32. The number of phenolic OH excluding ortho intramolecular Hbond substituents is 1. The number of benzene rings is 1. The minimum absolute atomic E-state index is 0.183. The fourth-order valence-electron chi connectivity index (χ4n) is 1.37. The molecule has 4 heteroatoms. The summed E-state index contributed by atoms with van der Waals surface area (Å²) >= 11 is 8.03. The molecule has 0 saturated heterocycles. The van der Waals surface area contributed by atoms with E-state index < -0.39 is 0 Å². The lowest BCUT2D eigenvalue weighted by molar-refractivity contribution is 0.474. The van der Waals surface area contributed by atoms with Gasteiger partial charge in [-0.05, 0) is 23.3 Å². The number of aromatic hydroxyl groups is 1. The van der Waals surface area contributed by atoms with Crippen molar-refractivity contribution in [3.8, 4) is 5.75 Å². The molecule has 0 atom stereocenters. The first kappa shape index (κ1) is 8.59. The fourth-order valence-corrected chi connectivity index (χ4v) is 2.29. The first-order valence-electron chi connectivity index (χ1n) is 3.58. The van der Waals surface area contributed by atoms with Gasteiger partial charge in [0.25, 0.3) is 0 Å². The molecule has 0 bridgehead atoms. The van der Waals surface area contributed by atoms with E-state index >= 15 is 0 Å². The zero-order valence-electron chi connectivity index (χ0n) is 6.22. The molecule has 1 aliphatic rings. The molecule has 12 heavy (non-hydrogen) atoms. The molecule has 1 N–H and O–H groups in total. The number of halogens is 2. The molecule has 0 aromatic heterocycles. The van der Waals surface area contributed by atoms with Crippen molar-refractivity contribution in [1.82, 2.24) is 3.11 Å². The lowest BCUT2D eigenvalue weighted by atomic mass is 10.1. The quantitative estimate of drug-likeness (QED) is 0.587. The fraction of sp³-hybridized carbons (Fsp3) is 0.250. The maximum Gasteiger partial charge on any atom is 0.134 e. The van der Waals surface area contributed by atoms with Gasteiger partial charge in [-0.25, -0.2) is 3.11 Å². The van der Waals surface area contributed by atoms with Crippen LogP contribution in [0.25, 0.3) is 0 Å². The number of fused-ring (bicyclic) bond motifs is 1. The van der Waals surface area contributed by atoms with Crippen molar-refractivity contribution in [3.05, 3.63) is 28.3 Å². The summed E-state index contributed by atoms with van der Waals surface area (Å²) in [6.45, 7) is 1.80. The van der Waals surface area contributed by atoms with Crippen LogP contribution in [0.3, 0.4) is 0 Å². The van der Waals surface area contributed by atoms with Gasteiger partial charge in [-0.2, -0.15) is 0 Å². The molecule has 64 valence electrons. The number of hydrogen-bond acceptors (Lipinski definition) is 2. The van der Waals surface area contributed by atoms with Crippen LogP contribution in [-0.4, -0.2) is 8.22 Å². The van der Waals surface area contributed by atoms with E-state index in [0.717, 1.165) is 13.1 Å². The standard InChI is InChI=1S/C8H7ClINO/c9-7-1-5-3-11(10)4-6(5)2-8(7)12/h1-2,12H,3-4H2. The molecule has 2 rings (SSSR count). The Bertz CT molecular complexity index is 298. The van der Waals surface area contributed by atoms with Crippen LogP contribution in [0, 0.1) is 0 Å². The Morgan fingerprint density at radius 3 is 2.58 bits per heavy atom. The molecule has 0 saturated carbocycles. The van der Waals surface area contributed by atoms with E-state index in [9.17, 15) is 5.11 Å². The van der Waals surface area contributed by atoms with E-state index in [1.165, 1.54) is 11.1 Å². The topological polar surface area (TPSA) is 23.5 Å². The largest absolute Gasteiger partial charge is 0.506 e. The van der Waals surface area contributed by atoms with Crippen LogP contribution in [0.4, 0.5) is 0 Å². The van der Waals surface area contributed by atoms with Gasteiger partial charge < -0.3 is 5.11 Å². The maximum atomic E-state index is 9.32. The second-order valence-electron chi connectivity index (χ2n) is 2.85. The average molecular weight is 296 g/mol. The van der Waals surface area contributed by atoms with Crippen molar-refractivity contribution in [3.63, 3.8) is 0 Å². The Kier molecular flexibility index (Phi) is 2.18. The third-order valence-corrected chi connectivity index (χ3v) is 2.94. The van der Waals surface area contributed by atoms with Crippen molar-refractivity contribution >= 4 is 34.5 Å². The summed E-state index contributed by atoms with van der Waals surface area (Å²) in [5.74, 6) is 0.183. The third-order valence-electron chi connectivity index (χ3n) is 1.95. The van der Waals surface area contributed by atoms with E-state index in [-0.39, 0.29) is 5.75 Å². The van der Waals surface area contributed by atoms with E-state index in [0.29, 0.717) is 5.02 Å². The minimum Gasteiger partial charge on any atom is -0.506 e. The Labute approximate surface area is 89.6 Å². The predicted molar refractivity (Wildman–Crippen MR) is 56.4 cm³/mol. The molecule has 0 aliphatic carbocycles. The van der Waals surface area contributed by atoms with Crippen LogP contribution in [0.2, 0.25) is 5.02 Å². The van der Waals surface area contributed by atoms with Crippen LogP contribution >= 0.6 is 34.5 Å². The lowest BCUT2D eigenvalue weighted by Gasteiger charge is -2.00. The molecule has 1 aromatic carbocycles. The highest BCUT2D eigenvalue weighted by Gasteiger charge is 2.18. The number of nitrogens with zero attached hydrogens (tertiary/aromatic N) is 1. The molecular formula is C8H7ClINO. The van der Waals surface area contributed by atoms with Gasteiger partial charge in [0.1, 0.15) is 5.75 Å². The second-order valence-corrected chi connectivity index (χ2v) is 4.62. The van der Waals surface area contributed by atoms with E-state index in [2.05, 4.69) is 26.0 Å². The first-order chi connectivity index (χ1) is 5.66. The molecule has 1 heterocycles. The molecule has 0 fully saturated rings. The number of hydrogen-bond donors (Lipinski definition) is 1. The SMILES string of the molecule is Oc1cc2c(cc1Cl)CN(I)C2. The molecular weight excluding hydrogens is 288 g/mol. The van der Waals surface area contributed by atoms with Gasteiger partial charge in [0.2, 0.25) is 0 Å². The molecule has 0 unspecified atom stereocenters. The summed E-state index contributed by atoms with van der Waals surface area (Å²) in [6, 6.07) is 3.58. The highest BCUT2D eigenvalue weighted by molar-refractivity contribution is 14.1. The summed E-state index contributed by atoms with van der Waals surface area (Å²) in [5.41, 5.74) is 2.39. The van der Waals surface area contributed by atoms with E-state index in [4.69, 9.17) is 11.6 Å². The van der Waals surface area contributed by atoms with Gasteiger partial charge in [0, 0.05) is 36.0 Å². The van der Waals surface area contributed by atoms with Gasteiger partial charge in [0.05, 0.1) is 5.02 Å². The van der Waals surface area contributed by atoms with Crippen molar-refractivity contribution in [2.24, 2.45) is 0 Å². The Morgan fingerprint density at radius 2 is 1.92 bits per heavy atom. The third kappa shape index (κ3) is 1.41. The highest BCUT2D eigenvalue weighted by Crippen LogP contribution is 2.33. The Balaban J connectivity index is 2.48. The molecule has 1 aromatic rings. The van der Waals surface area contributed by atoms with Gasteiger partial charge in [0.15, 0.2) is 0 Å². The monoisotopic (exact) mass is 295 g/mol. The summed E-state index contributed by atoms with van der Waals surface area (Å²) < 4.78 is 2.15. The molecule has 0 spiro atoms. The van der Waals surface area contributed by atoms with Crippen molar-refractivity contribution in [2.75, 3.05) is 0 Å². The zero-order valence-corrected chi connectivity index (χ0v) is 9.13. The van der Waals surface area contributed by atoms with Crippen LogP contribution in [-0.2, 0) is 13.1 Å². The smallest absolute Gasteiger partial charge is 0.134 e. The lowest BCUT2D eigenvalue weighted by Crippen LogP contribution is -1.97. The summed E-state index contributed by atoms with van der Waals surface area (Å²) in [5, 5.41) is 9.76. The van der Waals surface area contributed by atoms with E-state index in [1.54, 1.807) is 6.07 Å². The van der Waals surface area contributed by atoms with Gasteiger partial charge >= 0.3 is 0 Å². The van der Waals surface area contributed by atoms with Crippen LogP contribution in [0.15, 0.2) is 12.1 Å². The van der Waals surface area contributed by atoms with Crippen LogP contribution < -0.4 is 0 Å². The van der Waals surface area contributed by atoms with Crippen molar-refractivity contribution in [2.45, 2.75) is 13.1 Å². The van der Waals surface area contributed by atoms with E-state index in [1.807, 2.05) is 6.07 Å². The number of rotatable bonds is 0. The van der Waals surface area contributed by atoms with Gasteiger partial charge in [-0.1, -0.05) is 11.6 Å². The Hall–Kier alpha value is -0.000000000000000222. The normalized spacial score (nSPS) is 16.5.